The highest BCUT2D eigenvalue weighted by Crippen LogP contribution is 2.31. The fraction of sp³-hybridized carbons (Fsp3) is 0.211. The number of carboxylic acids is 1. The van der Waals surface area contributed by atoms with Gasteiger partial charge in [-0.05, 0) is 63.9 Å². The molecule has 3 aromatic rings. The summed E-state index contributed by atoms with van der Waals surface area (Å²) in [5.74, 6) is 0.597. The average Bonchev–Trinajstić information content (AvgIpc) is 3.14. The summed E-state index contributed by atoms with van der Waals surface area (Å²) in [6.45, 7) is 2.99. The van der Waals surface area contributed by atoms with E-state index in [1.807, 2.05) is 37.1 Å². The number of nitrogens with zero attached hydrogens (tertiary/aromatic N) is 3. The highest BCUT2D eigenvalue weighted by atomic mass is 79.9. The zero-order valence-corrected chi connectivity index (χ0v) is 16.4. The third-order valence-electron chi connectivity index (χ3n) is 3.86. The van der Waals surface area contributed by atoms with E-state index >= 15 is 0 Å². The van der Waals surface area contributed by atoms with Gasteiger partial charge in [-0.1, -0.05) is 12.1 Å². The van der Waals surface area contributed by atoms with E-state index in [1.54, 1.807) is 24.3 Å². The number of carboxylic acid groups (broad SMARTS) is 1. The van der Waals surface area contributed by atoms with Gasteiger partial charge in [0, 0.05) is 19.2 Å². The Morgan fingerprint density at radius 2 is 2.00 bits per heavy atom. The van der Waals surface area contributed by atoms with Crippen LogP contribution in [0.1, 0.15) is 22.8 Å². The smallest absolute Gasteiger partial charge is 0.335 e. The summed E-state index contributed by atoms with van der Waals surface area (Å²) in [6, 6.07) is 12.3. The van der Waals surface area contributed by atoms with Crippen LogP contribution in [0.2, 0.25) is 0 Å². The molecular weight excluding hydrogens is 414 g/mol. The molecule has 140 valence electrons. The fourth-order valence-electron chi connectivity index (χ4n) is 2.49. The van der Waals surface area contributed by atoms with Crippen molar-refractivity contribution in [1.82, 2.24) is 10.1 Å². The molecule has 0 fully saturated rings. The third-order valence-corrected chi connectivity index (χ3v) is 4.51. The molecular formula is C19H18BrN3O4. The van der Waals surface area contributed by atoms with Gasteiger partial charge in [-0.15, -0.1) is 0 Å². The average molecular weight is 432 g/mol. The molecule has 0 bridgehead atoms. The van der Waals surface area contributed by atoms with Crippen LogP contribution < -0.4 is 9.64 Å². The highest BCUT2D eigenvalue weighted by Gasteiger charge is 2.14. The Labute approximate surface area is 164 Å². The molecule has 0 aliphatic carbocycles. The highest BCUT2D eigenvalue weighted by molar-refractivity contribution is 9.10. The first-order chi connectivity index (χ1) is 13.0. The van der Waals surface area contributed by atoms with Crippen molar-refractivity contribution in [3.63, 3.8) is 0 Å². The lowest BCUT2D eigenvalue weighted by atomic mass is 10.1. The predicted octanol–water partition coefficient (Wildman–Crippen LogP) is 4.23. The molecule has 3 rings (SSSR count). The van der Waals surface area contributed by atoms with Crippen LogP contribution in [-0.2, 0) is 6.54 Å². The Morgan fingerprint density at radius 1 is 1.26 bits per heavy atom. The lowest BCUT2D eigenvalue weighted by molar-refractivity contribution is 0.0697. The molecule has 7 nitrogen and oxygen atoms in total. The molecule has 1 N–H and O–H groups in total. The number of aromatic nitrogens is 2. The van der Waals surface area contributed by atoms with Crippen molar-refractivity contribution in [1.29, 1.82) is 0 Å². The lowest BCUT2D eigenvalue weighted by Gasteiger charge is -2.14. The summed E-state index contributed by atoms with van der Waals surface area (Å²) in [5, 5.41) is 13.0. The molecule has 0 amide bonds. The zero-order chi connectivity index (χ0) is 19.4. The van der Waals surface area contributed by atoms with Gasteiger partial charge in [-0.2, -0.15) is 4.98 Å². The first-order valence-corrected chi connectivity index (χ1v) is 9.07. The minimum absolute atomic E-state index is 0.253. The summed E-state index contributed by atoms with van der Waals surface area (Å²) in [5.41, 5.74) is 1.96. The van der Waals surface area contributed by atoms with E-state index in [4.69, 9.17) is 14.4 Å². The first-order valence-electron chi connectivity index (χ1n) is 8.27. The number of anilines is 1. The molecule has 0 saturated heterocycles. The van der Waals surface area contributed by atoms with Crippen LogP contribution in [0.3, 0.4) is 0 Å². The molecule has 2 aromatic carbocycles. The Balaban J connectivity index is 1.75. The maximum atomic E-state index is 10.9. The van der Waals surface area contributed by atoms with E-state index in [-0.39, 0.29) is 5.56 Å². The Kier molecular flexibility index (Phi) is 5.75. The lowest BCUT2D eigenvalue weighted by Crippen LogP contribution is -2.17. The molecule has 27 heavy (non-hydrogen) atoms. The third kappa shape index (κ3) is 4.46. The van der Waals surface area contributed by atoms with Gasteiger partial charge < -0.3 is 19.3 Å². The number of halogens is 1. The van der Waals surface area contributed by atoms with Crippen LogP contribution in [0.4, 0.5) is 5.95 Å². The number of hydrogen-bond donors (Lipinski definition) is 1. The van der Waals surface area contributed by atoms with Crippen molar-refractivity contribution >= 4 is 27.8 Å². The van der Waals surface area contributed by atoms with Crippen molar-refractivity contribution in [2.75, 3.05) is 18.6 Å². The number of rotatable bonds is 7. The quantitative estimate of drug-likeness (QED) is 0.598. The number of aromatic carboxylic acids is 1. The van der Waals surface area contributed by atoms with Gasteiger partial charge in [0.1, 0.15) is 5.75 Å². The molecule has 0 saturated carbocycles. The van der Waals surface area contributed by atoms with Gasteiger partial charge in [-0.3, -0.25) is 0 Å². The first kappa shape index (κ1) is 18.9. The summed E-state index contributed by atoms with van der Waals surface area (Å²) < 4.78 is 11.8. The maximum absolute atomic E-state index is 10.9. The van der Waals surface area contributed by atoms with Gasteiger partial charge in [-0.25, -0.2) is 4.79 Å². The number of hydrogen-bond acceptors (Lipinski definition) is 6. The minimum Gasteiger partial charge on any atom is -0.493 e. The van der Waals surface area contributed by atoms with Gasteiger partial charge in [0.05, 0.1) is 16.6 Å². The molecule has 0 unspecified atom stereocenters. The Bertz CT molecular complexity index is 940. The van der Waals surface area contributed by atoms with Gasteiger partial charge in [0.15, 0.2) is 0 Å². The van der Waals surface area contributed by atoms with E-state index in [0.29, 0.717) is 30.7 Å². The number of benzene rings is 2. The Morgan fingerprint density at radius 3 is 2.67 bits per heavy atom. The topological polar surface area (TPSA) is 88.7 Å². The summed E-state index contributed by atoms with van der Waals surface area (Å²) in [4.78, 5) is 17.2. The van der Waals surface area contributed by atoms with E-state index in [2.05, 4.69) is 26.1 Å². The largest absolute Gasteiger partial charge is 0.493 e. The van der Waals surface area contributed by atoms with Gasteiger partial charge in [0.2, 0.25) is 0 Å². The molecule has 0 aliphatic heterocycles. The summed E-state index contributed by atoms with van der Waals surface area (Å²) in [7, 11) is 1.84. The van der Waals surface area contributed by atoms with Gasteiger partial charge >= 0.3 is 5.97 Å². The van der Waals surface area contributed by atoms with Crippen LogP contribution in [-0.4, -0.2) is 34.9 Å². The molecule has 8 heteroatoms. The fourth-order valence-corrected chi connectivity index (χ4v) is 2.85. The second kappa shape index (κ2) is 8.22. The van der Waals surface area contributed by atoms with E-state index < -0.39 is 5.97 Å². The second-order valence-corrected chi connectivity index (χ2v) is 6.69. The van der Waals surface area contributed by atoms with Crippen molar-refractivity contribution in [3.05, 3.63) is 58.1 Å². The van der Waals surface area contributed by atoms with Crippen LogP contribution in [0.25, 0.3) is 11.5 Å². The number of ether oxygens (including phenoxy) is 1. The molecule has 0 radical (unpaired) electrons. The molecule has 1 heterocycles. The van der Waals surface area contributed by atoms with E-state index in [0.717, 1.165) is 15.6 Å². The van der Waals surface area contributed by atoms with Crippen molar-refractivity contribution in [2.45, 2.75) is 13.5 Å². The van der Waals surface area contributed by atoms with Crippen LogP contribution in [0, 0.1) is 0 Å². The SMILES string of the molecule is CCOc1cc(-c2nc(N(C)Cc3ccc(C(=O)O)cc3)no2)ccc1Br. The van der Waals surface area contributed by atoms with Crippen LogP contribution in [0.15, 0.2) is 51.5 Å². The second-order valence-electron chi connectivity index (χ2n) is 5.84. The van der Waals surface area contributed by atoms with Crippen LogP contribution >= 0.6 is 15.9 Å². The summed E-state index contributed by atoms with van der Waals surface area (Å²) in [6.07, 6.45) is 0. The standard InChI is InChI=1S/C19H18BrN3O4/c1-3-26-16-10-14(8-9-15(16)20)17-21-19(22-27-17)23(2)11-12-4-6-13(7-5-12)18(24)25/h4-10H,3,11H2,1-2H3,(H,24,25). The molecule has 1 aromatic heterocycles. The van der Waals surface area contributed by atoms with Crippen molar-refractivity contribution < 1.29 is 19.2 Å². The minimum atomic E-state index is -0.946. The summed E-state index contributed by atoms with van der Waals surface area (Å²) >= 11 is 3.45. The molecule has 0 atom stereocenters. The molecule has 0 aliphatic rings. The monoisotopic (exact) mass is 431 g/mol. The zero-order valence-electron chi connectivity index (χ0n) is 14.8. The van der Waals surface area contributed by atoms with Crippen molar-refractivity contribution in [3.8, 4) is 17.2 Å². The van der Waals surface area contributed by atoms with E-state index in [9.17, 15) is 4.79 Å². The van der Waals surface area contributed by atoms with Gasteiger partial charge in [0.25, 0.3) is 11.8 Å². The molecule has 0 spiro atoms. The number of carbonyl (C=O) groups is 1. The van der Waals surface area contributed by atoms with Crippen molar-refractivity contribution in [2.24, 2.45) is 0 Å². The maximum Gasteiger partial charge on any atom is 0.335 e. The predicted molar refractivity (Wildman–Crippen MR) is 104 cm³/mol. The normalized spacial score (nSPS) is 10.6. The van der Waals surface area contributed by atoms with E-state index in [1.165, 1.54) is 0 Å². The van der Waals surface area contributed by atoms with Crippen LogP contribution in [0.5, 0.6) is 5.75 Å². The Hall–Kier alpha value is -2.87.